The number of sulfonamides is 1. The molecule has 0 saturated carbocycles. The van der Waals surface area contributed by atoms with E-state index in [0.717, 1.165) is 60.7 Å². The van der Waals surface area contributed by atoms with E-state index in [1.165, 1.54) is 4.31 Å². The third-order valence-corrected chi connectivity index (χ3v) is 11.5. The normalized spacial score (nSPS) is 13.4. The van der Waals surface area contributed by atoms with Crippen LogP contribution in [0.3, 0.4) is 0 Å². The highest BCUT2D eigenvalue weighted by Crippen LogP contribution is 2.48. The molecule has 242 valence electrons. The van der Waals surface area contributed by atoms with E-state index in [1.54, 1.807) is 12.1 Å². The van der Waals surface area contributed by atoms with Crippen LogP contribution in [-0.2, 0) is 10.0 Å². The summed E-state index contributed by atoms with van der Waals surface area (Å²) in [6.07, 6.45) is 0. The van der Waals surface area contributed by atoms with Gasteiger partial charge in [-0.15, -0.1) is 0 Å². The van der Waals surface area contributed by atoms with E-state index in [2.05, 4.69) is 65.2 Å². The lowest BCUT2D eigenvalue weighted by atomic mass is 9.96. The first-order valence-electron chi connectivity index (χ1n) is 16.8. The molecule has 9 aromatic rings. The van der Waals surface area contributed by atoms with Gasteiger partial charge in [0.25, 0.3) is 10.0 Å². The predicted octanol–water partition coefficient (Wildman–Crippen LogP) is 10.6. The lowest BCUT2D eigenvalue weighted by Gasteiger charge is -2.32. The van der Waals surface area contributed by atoms with Crippen molar-refractivity contribution in [3.05, 3.63) is 170 Å². The average molecular weight is 677 g/mol. The molecule has 0 spiro atoms. The van der Waals surface area contributed by atoms with Crippen molar-refractivity contribution in [3.63, 3.8) is 0 Å². The summed E-state index contributed by atoms with van der Waals surface area (Å²) < 4.78 is 31.6. The summed E-state index contributed by atoms with van der Waals surface area (Å²) in [5, 5.41) is 3.17. The summed E-state index contributed by atoms with van der Waals surface area (Å²) in [7, 11) is -3.82. The van der Waals surface area contributed by atoms with Crippen molar-refractivity contribution in [1.82, 2.24) is 14.5 Å². The Morgan fingerprint density at radius 1 is 0.471 bits per heavy atom. The summed E-state index contributed by atoms with van der Waals surface area (Å²) in [6, 6.07) is 55.8. The molecule has 0 N–H and O–H groups in total. The summed E-state index contributed by atoms with van der Waals surface area (Å²) in [6.45, 7) is 0. The number of aromatic nitrogens is 3. The summed E-state index contributed by atoms with van der Waals surface area (Å²) in [5.41, 5.74) is 9.62. The number of nitrogens with zero attached hydrogens (tertiary/aromatic N) is 4. The molecule has 0 unspecified atom stereocenters. The fourth-order valence-corrected chi connectivity index (χ4v) is 9.16. The molecule has 3 heterocycles. The van der Waals surface area contributed by atoms with Crippen molar-refractivity contribution >= 4 is 54.1 Å². The lowest BCUT2D eigenvalue weighted by molar-refractivity contribution is 0.596. The first kappa shape index (κ1) is 29.4. The zero-order valence-corrected chi connectivity index (χ0v) is 28.0. The molecule has 0 amide bonds. The van der Waals surface area contributed by atoms with Crippen molar-refractivity contribution in [1.29, 1.82) is 0 Å². The van der Waals surface area contributed by atoms with Crippen LogP contribution in [0.1, 0.15) is 0 Å². The number of anilines is 2. The minimum absolute atomic E-state index is 0.294. The number of fused-ring (bicyclic) bond motifs is 7. The van der Waals surface area contributed by atoms with E-state index in [9.17, 15) is 8.42 Å². The van der Waals surface area contributed by atoms with Crippen LogP contribution in [0.25, 0.3) is 72.2 Å². The third-order valence-electron chi connectivity index (χ3n) is 9.75. The number of hydrogen-bond acceptors (Lipinski definition) is 4. The topological polar surface area (TPSA) is 68.1 Å². The quantitative estimate of drug-likeness (QED) is 0.186. The second-order valence-electron chi connectivity index (χ2n) is 12.7. The molecular weight excluding hydrogens is 649 g/mol. The SMILES string of the molecule is O=S1(=O)c2ccccc2-c2cc(-c3ccc4c(c3)c3ccccc3n4-c3nc(-c4ccccc4)c4ccccc4n3)ccc2N1c1ccccc1. The standard InChI is InChI=1S/C44H28N4O2S/c49-51(50)42-22-12-9-18-34(42)37-28-31(24-26-41(37)48(51)32-15-5-2-6-16-32)30-23-25-40-36(27-30)33-17-8-11-21-39(33)47(40)44-45-38-20-10-7-19-35(38)43(46-44)29-13-3-1-4-14-29/h1-28H. The van der Waals surface area contributed by atoms with Crippen molar-refractivity contribution in [2.24, 2.45) is 0 Å². The fraction of sp³-hybridized carbons (Fsp3) is 0. The van der Waals surface area contributed by atoms with Gasteiger partial charge in [0.1, 0.15) is 0 Å². The van der Waals surface area contributed by atoms with E-state index in [-0.39, 0.29) is 0 Å². The minimum Gasteiger partial charge on any atom is -0.278 e. The molecular formula is C44H28N4O2S. The van der Waals surface area contributed by atoms with Gasteiger partial charge in [-0.05, 0) is 65.7 Å². The lowest BCUT2D eigenvalue weighted by Crippen LogP contribution is -2.30. The maximum absolute atomic E-state index is 14.0. The molecule has 1 aliphatic heterocycles. The van der Waals surface area contributed by atoms with Crippen LogP contribution in [0, 0.1) is 0 Å². The van der Waals surface area contributed by atoms with Gasteiger partial charge in [0.2, 0.25) is 5.95 Å². The van der Waals surface area contributed by atoms with Gasteiger partial charge in [-0.2, -0.15) is 0 Å². The Morgan fingerprint density at radius 3 is 1.96 bits per heavy atom. The molecule has 2 aromatic heterocycles. The number of rotatable bonds is 4. The van der Waals surface area contributed by atoms with Gasteiger partial charge in [-0.1, -0.05) is 115 Å². The molecule has 0 radical (unpaired) electrons. The van der Waals surface area contributed by atoms with Gasteiger partial charge in [0, 0.05) is 32.8 Å². The number of hydrogen-bond donors (Lipinski definition) is 0. The van der Waals surface area contributed by atoms with Crippen LogP contribution in [0.4, 0.5) is 11.4 Å². The molecule has 7 aromatic carbocycles. The van der Waals surface area contributed by atoms with Crippen molar-refractivity contribution < 1.29 is 8.42 Å². The molecule has 0 atom stereocenters. The summed E-state index contributed by atoms with van der Waals surface area (Å²) in [5.74, 6) is 0.610. The summed E-state index contributed by atoms with van der Waals surface area (Å²) in [4.78, 5) is 10.6. The molecule has 0 fully saturated rings. The van der Waals surface area contributed by atoms with Crippen LogP contribution in [0.5, 0.6) is 0 Å². The van der Waals surface area contributed by atoms with Crippen LogP contribution >= 0.6 is 0 Å². The predicted molar refractivity (Wildman–Crippen MR) is 206 cm³/mol. The van der Waals surface area contributed by atoms with Crippen LogP contribution in [-0.4, -0.2) is 23.0 Å². The van der Waals surface area contributed by atoms with Gasteiger partial charge < -0.3 is 0 Å². The Kier molecular flexibility index (Phi) is 6.47. The highest BCUT2D eigenvalue weighted by atomic mass is 32.2. The van der Waals surface area contributed by atoms with Crippen LogP contribution in [0.15, 0.2) is 175 Å². The maximum atomic E-state index is 14.0. The average Bonchev–Trinajstić information content (AvgIpc) is 3.52. The van der Waals surface area contributed by atoms with Gasteiger partial charge in [0.05, 0.1) is 38.5 Å². The second kappa shape index (κ2) is 11.2. The van der Waals surface area contributed by atoms with E-state index in [1.807, 2.05) is 97.1 Å². The van der Waals surface area contributed by atoms with Gasteiger partial charge in [-0.3, -0.25) is 4.57 Å². The number of para-hydroxylation sites is 3. The Morgan fingerprint density at radius 2 is 1.12 bits per heavy atom. The van der Waals surface area contributed by atoms with E-state index < -0.39 is 10.0 Å². The van der Waals surface area contributed by atoms with Gasteiger partial charge in [-0.25, -0.2) is 22.7 Å². The van der Waals surface area contributed by atoms with Crippen LogP contribution in [0.2, 0.25) is 0 Å². The highest BCUT2D eigenvalue weighted by molar-refractivity contribution is 7.93. The monoisotopic (exact) mass is 676 g/mol. The molecule has 6 nitrogen and oxygen atoms in total. The van der Waals surface area contributed by atoms with E-state index >= 15 is 0 Å². The van der Waals surface area contributed by atoms with Gasteiger partial charge >= 0.3 is 0 Å². The smallest absolute Gasteiger partial charge is 0.269 e. The maximum Gasteiger partial charge on any atom is 0.269 e. The molecule has 1 aliphatic rings. The fourth-order valence-electron chi connectivity index (χ4n) is 7.44. The van der Waals surface area contributed by atoms with E-state index in [4.69, 9.17) is 9.97 Å². The second-order valence-corrected chi connectivity index (χ2v) is 14.4. The zero-order valence-electron chi connectivity index (χ0n) is 27.2. The van der Waals surface area contributed by atoms with Crippen molar-refractivity contribution in [2.45, 2.75) is 4.90 Å². The largest absolute Gasteiger partial charge is 0.278 e. The van der Waals surface area contributed by atoms with Crippen molar-refractivity contribution in [3.8, 4) is 39.5 Å². The Hall–Kier alpha value is -6.57. The molecule has 10 rings (SSSR count). The van der Waals surface area contributed by atoms with Gasteiger partial charge in [0.15, 0.2) is 0 Å². The van der Waals surface area contributed by atoms with E-state index in [0.29, 0.717) is 27.8 Å². The first-order chi connectivity index (χ1) is 25.1. The Labute approximate surface area is 294 Å². The Bertz CT molecular complexity index is 2940. The summed E-state index contributed by atoms with van der Waals surface area (Å²) >= 11 is 0. The minimum atomic E-state index is -3.82. The first-order valence-corrected chi connectivity index (χ1v) is 18.2. The zero-order chi connectivity index (χ0) is 34.1. The molecule has 7 heteroatoms. The Balaban J connectivity index is 1.17. The molecule has 0 aliphatic carbocycles. The third kappa shape index (κ3) is 4.52. The molecule has 0 bridgehead atoms. The van der Waals surface area contributed by atoms with Crippen LogP contribution < -0.4 is 4.31 Å². The van der Waals surface area contributed by atoms with Crippen molar-refractivity contribution in [2.75, 3.05) is 4.31 Å². The number of benzene rings is 7. The highest BCUT2D eigenvalue weighted by Gasteiger charge is 2.36. The molecule has 0 saturated heterocycles. The molecule has 51 heavy (non-hydrogen) atoms.